The first-order chi connectivity index (χ1) is 6.99. The molecule has 0 aromatic carbocycles. The Hall–Kier alpha value is -1.26. The molecule has 1 N–H and O–H groups in total. The molecule has 1 saturated heterocycles. The molecule has 0 aliphatic carbocycles. The predicted molar refractivity (Wildman–Crippen MR) is 55.7 cm³/mol. The first-order valence-corrected chi connectivity index (χ1v) is 5.21. The third-order valence-corrected chi connectivity index (χ3v) is 2.92. The van der Waals surface area contributed by atoms with Gasteiger partial charge in [-0.1, -0.05) is 6.92 Å². The third-order valence-electron chi connectivity index (χ3n) is 2.92. The van der Waals surface area contributed by atoms with Gasteiger partial charge in [-0.25, -0.2) is 4.79 Å². The first kappa shape index (κ1) is 11.8. The fourth-order valence-electron chi connectivity index (χ4n) is 2.11. The molecule has 0 aromatic heterocycles. The molecule has 2 atom stereocenters. The van der Waals surface area contributed by atoms with Crippen LogP contribution in [0.15, 0.2) is 0 Å². The second-order valence-corrected chi connectivity index (χ2v) is 4.08. The largest absolute Gasteiger partial charge is 0.465 e. The fraction of sp³-hybridized carbons (Fsp3) is 0.800. The smallest absolute Gasteiger partial charge is 0.408 e. The van der Waals surface area contributed by atoms with Gasteiger partial charge >= 0.3 is 6.09 Å². The molecule has 2 amide bonds. The molecular weight excluding hydrogens is 196 g/mol. The highest BCUT2D eigenvalue weighted by atomic mass is 16.4. The molecule has 0 spiro atoms. The number of likely N-dealkylation sites (tertiary alicyclic amines) is 1. The highest BCUT2D eigenvalue weighted by molar-refractivity contribution is 5.85. The Balaban J connectivity index is 2.82. The zero-order valence-corrected chi connectivity index (χ0v) is 9.43. The van der Waals surface area contributed by atoms with Crippen LogP contribution in [0, 0.1) is 0 Å². The van der Waals surface area contributed by atoms with Crippen LogP contribution >= 0.6 is 0 Å². The molecule has 0 bridgehead atoms. The van der Waals surface area contributed by atoms with Crippen molar-refractivity contribution in [3.05, 3.63) is 0 Å². The lowest BCUT2D eigenvalue weighted by molar-refractivity contribution is -0.133. The van der Waals surface area contributed by atoms with Gasteiger partial charge in [0.05, 0.1) is 0 Å². The van der Waals surface area contributed by atoms with Crippen LogP contribution in [0.2, 0.25) is 0 Å². The molecule has 0 aromatic rings. The number of carboxylic acid groups (broad SMARTS) is 1. The van der Waals surface area contributed by atoms with E-state index in [-0.39, 0.29) is 11.9 Å². The van der Waals surface area contributed by atoms with Gasteiger partial charge in [-0.2, -0.15) is 0 Å². The molecule has 1 aliphatic rings. The maximum absolute atomic E-state index is 11.7. The number of nitrogens with zero attached hydrogens (tertiary/aromatic N) is 2. The van der Waals surface area contributed by atoms with Crippen LogP contribution in [0.4, 0.5) is 4.79 Å². The molecule has 15 heavy (non-hydrogen) atoms. The lowest BCUT2D eigenvalue weighted by Gasteiger charge is -2.27. The Labute approximate surface area is 89.7 Å². The van der Waals surface area contributed by atoms with Crippen molar-refractivity contribution >= 4 is 12.0 Å². The molecule has 5 heteroatoms. The van der Waals surface area contributed by atoms with E-state index in [2.05, 4.69) is 0 Å². The Kier molecular flexibility index (Phi) is 3.55. The van der Waals surface area contributed by atoms with Crippen LogP contribution < -0.4 is 0 Å². The molecule has 0 radical (unpaired) electrons. The minimum Gasteiger partial charge on any atom is -0.465 e. The van der Waals surface area contributed by atoms with E-state index in [1.807, 2.05) is 6.92 Å². The molecule has 1 heterocycles. The highest BCUT2D eigenvalue weighted by Crippen LogP contribution is 2.27. The summed E-state index contributed by atoms with van der Waals surface area (Å²) in [4.78, 5) is 25.6. The molecule has 1 rings (SSSR count). The number of hydrogen-bond acceptors (Lipinski definition) is 2. The van der Waals surface area contributed by atoms with Crippen LogP contribution in [0.25, 0.3) is 0 Å². The molecule has 1 aliphatic heterocycles. The zero-order chi connectivity index (χ0) is 11.6. The number of amides is 2. The van der Waals surface area contributed by atoms with Crippen molar-refractivity contribution in [2.75, 3.05) is 14.1 Å². The van der Waals surface area contributed by atoms with E-state index >= 15 is 0 Å². The van der Waals surface area contributed by atoms with Crippen LogP contribution in [0.5, 0.6) is 0 Å². The van der Waals surface area contributed by atoms with Crippen LogP contribution in [0.3, 0.4) is 0 Å². The third kappa shape index (κ3) is 2.22. The lowest BCUT2D eigenvalue weighted by atomic mass is 10.1. The number of hydrogen-bond donors (Lipinski definition) is 1. The van der Waals surface area contributed by atoms with Gasteiger partial charge in [0.25, 0.3) is 0 Å². The average Bonchev–Trinajstić information content (AvgIpc) is 2.59. The number of carbonyl (C=O) groups excluding carboxylic acids is 1. The van der Waals surface area contributed by atoms with Gasteiger partial charge in [-0.15, -0.1) is 0 Å². The van der Waals surface area contributed by atoms with Crippen molar-refractivity contribution in [3.63, 3.8) is 0 Å². The second-order valence-electron chi connectivity index (χ2n) is 4.08. The van der Waals surface area contributed by atoms with Gasteiger partial charge in [0.2, 0.25) is 5.91 Å². The summed E-state index contributed by atoms with van der Waals surface area (Å²) in [6.45, 7) is 1.95. The molecule has 1 fully saturated rings. The van der Waals surface area contributed by atoms with Gasteiger partial charge in [0, 0.05) is 20.1 Å². The normalized spacial score (nSPS) is 25.4. The Morgan fingerprint density at radius 3 is 2.40 bits per heavy atom. The summed E-state index contributed by atoms with van der Waals surface area (Å²) in [5.74, 6) is -0.117. The number of carbonyl (C=O) groups is 2. The summed E-state index contributed by atoms with van der Waals surface area (Å²) in [5, 5.41) is 9.07. The van der Waals surface area contributed by atoms with E-state index in [0.717, 1.165) is 12.8 Å². The highest BCUT2D eigenvalue weighted by Gasteiger charge is 2.40. The van der Waals surface area contributed by atoms with Crippen molar-refractivity contribution < 1.29 is 14.7 Å². The minimum atomic E-state index is -0.987. The fourth-order valence-corrected chi connectivity index (χ4v) is 2.11. The maximum atomic E-state index is 11.7. The standard InChI is InChI=1S/C10H18N2O3/c1-4-7-5-6-8(9(13)11(2)3)12(7)10(14)15/h7-8H,4-6H2,1-3H3,(H,14,15)/t7-,8+/m1/s1. The van der Waals surface area contributed by atoms with Crippen molar-refractivity contribution in [2.24, 2.45) is 0 Å². The topological polar surface area (TPSA) is 60.9 Å². The van der Waals surface area contributed by atoms with E-state index in [9.17, 15) is 9.59 Å². The predicted octanol–water partition coefficient (Wildman–Crippen LogP) is 0.996. The Bertz CT molecular complexity index is 265. The first-order valence-electron chi connectivity index (χ1n) is 5.21. The zero-order valence-electron chi connectivity index (χ0n) is 9.43. The summed E-state index contributed by atoms with van der Waals surface area (Å²) in [5.41, 5.74) is 0. The molecule has 0 saturated carbocycles. The lowest BCUT2D eigenvalue weighted by Crippen LogP contribution is -2.47. The van der Waals surface area contributed by atoms with Gasteiger partial charge in [0.15, 0.2) is 0 Å². The molecule has 0 unspecified atom stereocenters. The van der Waals surface area contributed by atoms with E-state index in [1.165, 1.54) is 9.80 Å². The summed E-state index contributed by atoms with van der Waals surface area (Å²) >= 11 is 0. The van der Waals surface area contributed by atoms with Crippen LogP contribution in [-0.4, -0.2) is 53.1 Å². The van der Waals surface area contributed by atoms with E-state index < -0.39 is 12.1 Å². The van der Waals surface area contributed by atoms with Crippen LogP contribution in [0.1, 0.15) is 26.2 Å². The van der Waals surface area contributed by atoms with Crippen molar-refractivity contribution in [2.45, 2.75) is 38.3 Å². The summed E-state index contributed by atoms with van der Waals surface area (Å²) in [7, 11) is 3.31. The summed E-state index contributed by atoms with van der Waals surface area (Å²) in [6, 6.07) is -0.487. The van der Waals surface area contributed by atoms with E-state index in [4.69, 9.17) is 5.11 Å². The van der Waals surface area contributed by atoms with E-state index in [1.54, 1.807) is 14.1 Å². The van der Waals surface area contributed by atoms with Gasteiger partial charge in [-0.05, 0) is 19.3 Å². The SMILES string of the molecule is CC[C@@H]1CC[C@@H](C(=O)N(C)C)N1C(=O)O. The van der Waals surface area contributed by atoms with Crippen molar-refractivity contribution in [1.82, 2.24) is 9.80 Å². The Morgan fingerprint density at radius 2 is 2.00 bits per heavy atom. The molecular formula is C10H18N2O3. The van der Waals surface area contributed by atoms with Gasteiger partial charge in [0.1, 0.15) is 6.04 Å². The molecule has 86 valence electrons. The summed E-state index contributed by atoms with van der Waals surface area (Å²) < 4.78 is 0. The second kappa shape index (κ2) is 4.51. The van der Waals surface area contributed by atoms with Crippen LogP contribution in [-0.2, 0) is 4.79 Å². The summed E-state index contributed by atoms with van der Waals surface area (Å²) in [6.07, 6.45) is 1.21. The monoisotopic (exact) mass is 214 g/mol. The molecule has 5 nitrogen and oxygen atoms in total. The maximum Gasteiger partial charge on any atom is 0.408 e. The van der Waals surface area contributed by atoms with Crippen molar-refractivity contribution in [3.8, 4) is 0 Å². The minimum absolute atomic E-state index is 0.00333. The number of rotatable bonds is 2. The van der Waals surface area contributed by atoms with Crippen molar-refractivity contribution in [1.29, 1.82) is 0 Å². The number of likely N-dealkylation sites (N-methyl/N-ethyl adjacent to an activating group) is 1. The van der Waals surface area contributed by atoms with Gasteiger partial charge < -0.3 is 10.0 Å². The van der Waals surface area contributed by atoms with Gasteiger partial charge in [-0.3, -0.25) is 9.69 Å². The Morgan fingerprint density at radius 1 is 1.40 bits per heavy atom. The average molecular weight is 214 g/mol. The van der Waals surface area contributed by atoms with E-state index in [0.29, 0.717) is 6.42 Å². The quantitative estimate of drug-likeness (QED) is 0.745.